The molecule has 2 saturated heterocycles. The summed E-state index contributed by atoms with van der Waals surface area (Å²) in [4.78, 5) is 27.8. The number of hydrogen-bond acceptors (Lipinski definition) is 5. The number of nitrogens with zero attached hydrogens (tertiary/aromatic N) is 3. The molecule has 2 aliphatic rings. The molecule has 3 N–H and O–H groups in total. The highest BCUT2D eigenvalue weighted by Crippen LogP contribution is 2.14. The largest absolute Gasteiger partial charge is 0.481 e. The van der Waals surface area contributed by atoms with Crippen LogP contribution in [0.1, 0.15) is 6.42 Å². The van der Waals surface area contributed by atoms with Gasteiger partial charge in [-0.2, -0.15) is 0 Å². The Morgan fingerprint density at radius 3 is 2.00 bits per heavy atom. The third kappa shape index (κ3) is 3.59. The van der Waals surface area contributed by atoms with E-state index in [1.54, 1.807) is 4.90 Å². The van der Waals surface area contributed by atoms with Crippen LogP contribution in [0, 0.1) is 0 Å². The highest BCUT2D eigenvalue weighted by atomic mass is 16.4. The zero-order chi connectivity index (χ0) is 14.7. The molecule has 8 nitrogen and oxygen atoms in total. The summed E-state index contributed by atoms with van der Waals surface area (Å²) in [5.41, 5.74) is 0. The maximum absolute atomic E-state index is 12.2. The van der Waals surface area contributed by atoms with Crippen LogP contribution in [0.2, 0.25) is 0 Å². The first-order valence-corrected chi connectivity index (χ1v) is 6.81. The number of β-amino-alcohol motifs (C(OH)–C–C–N with tert-alkyl or cyclic N) is 2. The molecule has 2 amide bonds. The summed E-state index contributed by atoms with van der Waals surface area (Å²) in [7, 11) is 0. The van der Waals surface area contributed by atoms with Gasteiger partial charge >= 0.3 is 12.0 Å². The lowest BCUT2D eigenvalue weighted by Crippen LogP contribution is -2.52. The molecule has 2 atom stereocenters. The van der Waals surface area contributed by atoms with Crippen molar-refractivity contribution >= 4 is 12.0 Å². The number of hydrogen-bond donors (Lipinski definition) is 3. The van der Waals surface area contributed by atoms with Gasteiger partial charge in [0.15, 0.2) is 0 Å². The minimum Gasteiger partial charge on any atom is -0.481 e. The molecular weight excluding hydrogens is 266 g/mol. The number of carbonyl (C=O) groups excluding carboxylic acids is 1. The molecule has 114 valence electrons. The van der Waals surface area contributed by atoms with Crippen molar-refractivity contribution in [3.05, 3.63) is 0 Å². The molecule has 2 heterocycles. The molecule has 8 heteroatoms. The summed E-state index contributed by atoms with van der Waals surface area (Å²) in [6.45, 7) is 3.22. The minimum atomic E-state index is -0.865. The smallest absolute Gasteiger partial charge is 0.320 e. The van der Waals surface area contributed by atoms with Crippen molar-refractivity contribution in [3.63, 3.8) is 0 Å². The quantitative estimate of drug-likeness (QED) is 0.568. The van der Waals surface area contributed by atoms with E-state index in [9.17, 15) is 19.8 Å². The summed E-state index contributed by atoms with van der Waals surface area (Å²) < 4.78 is 0. The lowest BCUT2D eigenvalue weighted by atomic mass is 10.3. The monoisotopic (exact) mass is 287 g/mol. The Morgan fingerprint density at radius 2 is 1.50 bits per heavy atom. The van der Waals surface area contributed by atoms with Crippen LogP contribution < -0.4 is 0 Å². The average molecular weight is 287 g/mol. The molecule has 2 fully saturated rings. The number of carboxylic acids is 1. The minimum absolute atomic E-state index is 0.110. The van der Waals surface area contributed by atoms with E-state index in [0.29, 0.717) is 32.7 Å². The number of aliphatic hydroxyl groups is 2. The molecule has 0 aromatic carbocycles. The predicted molar refractivity (Wildman–Crippen MR) is 69.2 cm³/mol. The Hall–Kier alpha value is -1.38. The predicted octanol–water partition coefficient (Wildman–Crippen LogP) is -1.76. The van der Waals surface area contributed by atoms with Crippen molar-refractivity contribution in [1.82, 2.24) is 14.7 Å². The molecule has 0 bridgehead atoms. The fourth-order valence-corrected chi connectivity index (χ4v) is 2.54. The van der Waals surface area contributed by atoms with Crippen molar-refractivity contribution in [3.8, 4) is 0 Å². The van der Waals surface area contributed by atoms with Gasteiger partial charge < -0.3 is 25.1 Å². The third-order valence-electron chi connectivity index (χ3n) is 3.81. The number of amides is 2. The highest BCUT2D eigenvalue weighted by molar-refractivity contribution is 5.75. The summed E-state index contributed by atoms with van der Waals surface area (Å²) >= 11 is 0. The van der Waals surface area contributed by atoms with Crippen molar-refractivity contribution in [2.75, 3.05) is 45.8 Å². The van der Waals surface area contributed by atoms with Crippen LogP contribution in [-0.2, 0) is 4.79 Å². The van der Waals surface area contributed by atoms with E-state index in [0.717, 1.165) is 0 Å². The summed E-state index contributed by atoms with van der Waals surface area (Å²) in [5.74, 6) is -0.816. The Labute approximate surface area is 117 Å². The van der Waals surface area contributed by atoms with Gasteiger partial charge in [0.05, 0.1) is 31.7 Å². The van der Waals surface area contributed by atoms with Crippen molar-refractivity contribution in [2.24, 2.45) is 0 Å². The molecule has 0 spiro atoms. The number of urea groups is 1. The van der Waals surface area contributed by atoms with E-state index in [4.69, 9.17) is 5.11 Å². The van der Waals surface area contributed by atoms with Crippen LogP contribution >= 0.6 is 0 Å². The van der Waals surface area contributed by atoms with Crippen molar-refractivity contribution < 1.29 is 24.9 Å². The van der Waals surface area contributed by atoms with Crippen LogP contribution in [-0.4, -0.2) is 100 Å². The second-order valence-corrected chi connectivity index (χ2v) is 5.29. The standard InChI is InChI=1S/C12H21N3O5/c16-9-7-15(8-10(9)17)12(20)14-5-3-13(4-6-14)2-1-11(18)19/h9-10,16-17H,1-8H2,(H,18,19). The Balaban J connectivity index is 1.76. The third-order valence-corrected chi connectivity index (χ3v) is 3.81. The zero-order valence-electron chi connectivity index (χ0n) is 11.3. The maximum atomic E-state index is 12.2. The molecule has 0 aromatic rings. The first-order valence-electron chi connectivity index (χ1n) is 6.81. The fraction of sp³-hybridized carbons (Fsp3) is 0.833. The highest BCUT2D eigenvalue weighted by Gasteiger charge is 2.35. The lowest BCUT2D eigenvalue weighted by Gasteiger charge is -2.36. The normalized spacial score (nSPS) is 27.9. The molecule has 0 aliphatic carbocycles. The summed E-state index contributed by atoms with van der Waals surface area (Å²) in [5, 5.41) is 27.5. The molecule has 0 radical (unpaired) electrons. The molecular formula is C12H21N3O5. The topological polar surface area (TPSA) is 105 Å². The van der Waals surface area contributed by atoms with Gasteiger partial charge in [0.25, 0.3) is 0 Å². The number of piperazine rings is 1. The Bertz CT molecular complexity index is 360. The number of aliphatic carboxylic acids is 1. The second-order valence-electron chi connectivity index (χ2n) is 5.29. The van der Waals surface area contributed by atoms with Crippen LogP contribution in [0.4, 0.5) is 4.79 Å². The van der Waals surface area contributed by atoms with Crippen molar-refractivity contribution in [2.45, 2.75) is 18.6 Å². The molecule has 2 aliphatic heterocycles. The fourth-order valence-electron chi connectivity index (χ4n) is 2.54. The molecule has 20 heavy (non-hydrogen) atoms. The van der Waals surface area contributed by atoms with Crippen LogP contribution in [0.3, 0.4) is 0 Å². The maximum Gasteiger partial charge on any atom is 0.320 e. The van der Waals surface area contributed by atoms with Crippen LogP contribution in [0.5, 0.6) is 0 Å². The average Bonchev–Trinajstić information content (AvgIpc) is 2.76. The van der Waals surface area contributed by atoms with Crippen LogP contribution in [0.15, 0.2) is 0 Å². The van der Waals surface area contributed by atoms with Gasteiger partial charge in [-0.3, -0.25) is 9.69 Å². The molecule has 0 saturated carbocycles. The van der Waals surface area contributed by atoms with Gasteiger partial charge in [0.1, 0.15) is 0 Å². The molecule has 2 rings (SSSR count). The van der Waals surface area contributed by atoms with Gasteiger partial charge in [0.2, 0.25) is 0 Å². The van der Waals surface area contributed by atoms with Gasteiger partial charge in [-0.1, -0.05) is 0 Å². The number of likely N-dealkylation sites (tertiary alicyclic amines) is 1. The van der Waals surface area contributed by atoms with E-state index in [1.807, 2.05) is 4.90 Å². The van der Waals surface area contributed by atoms with Gasteiger partial charge in [-0.05, 0) is 0 Å². The van der Waals surface area contributed by atoms with E-state index >= 15 is 0 Å². The number of aliphatic hydroxyl groups excluding tert-OH is 2. The summed E-state index contributed by atoms with van der Waals surface area (Å²) in [6.07, 6.45) is -1.62. The lowest BCUT2D eigenvalue weighted by molar-refractivity contribution is -0.137. The first-order chi connectivity index (χ1) is 9.47. The SMILES string of the molecule is O=C(O)CCN1CCN(C(=O)N2CC(O)C(O)C2)CC1. The van der Waals surface area contributed by atoms with Gasteiger partial charge in [0, 0.05) is 32.7 Å². The second kappa shape index (κ2) is 6.38. The Morgan fingerprint density at radius 1 is 0.950 bits per heavy atom. The first kappa shape index (κ1) is 15.0. The number of carbonyl (C=O) groups is 2. The Kier molecular flexibility index (Phi) is 4.79. The molecule has 0 aromatic heterocycles. The van der Waals surface area contributed by atoms with E-state index < -0.39 is 18.2 Å². The zero-order valence-corrected chi connectivity index (χ0v) is 11.3. The van der Waals surface area contributed by atoms with E-state index in [-0.39, 0.29) is 25.5 Å². The molecule has 2 unspecified atom stereocenters. The van der Waals surface area contributed by atoms with Crippen LogP contribution in [0.25, 0.3) is 0 Å². The number of rotatable bonds is 3. The van der Waals surface area contributed by atoms with Gasteiger partial charge in [-0.15, -0.1) is 0 Å². The summed E-state index contributed by atoms with van der Waals surface area (Å²) in [6, 6.07) is -0.168. The van der Waals surface area contributed by atoms with E-state index in [1.165, 1.54) is 4.90 Å². The van der Waals surface area contributed by atoms with E-state index in [2.05, 4.69) is 0 Å². The van der Waals surface area contributed by atoms with Crippen molar-refractivity contribution in [1.29, 1.82) is 0 Å². The van der Waals surface area contributed by atoms with Gasteiger partial charge in [-0.25, -0.2) is 4.79 Å². The number of carboxylic acid groups (broad SMARTS) is 1.